The summed E-state index contributed by atoms with van der Waals surface area (Å²) in [7, 11) is 2.04. The van der Waals surface area contributed by atoms with Crippen molar-refractivity contribution in [2.45, 2.75) is 52.7 Å². The van der Waals surface area contributed by atoms with E-state index in [4.69, 9.17) is 10.7 Å². The van der Waals surface area contributed by atoms with Crippen LogP contribution in [0.5, 0.6) is 0 Å². The minimum Gasteiger partial charge on any atom is -0.368 e. The zero-order valence-electron chi connectivity index (χ0n) is 17.7. The van der Waals surface area contributed by atoms with Gasteiger partial charge in [0.25, 0.3) is 5.91 Å². The maximum atomic E-state index is 13.2. The Hall–Kier alpha value is -2.67. The number of nitrogens with one attached hydrogen (secondary N) is 1. The molecule has 0 radical (unpaired) electrons. The maximum Gasteiger partial charge on any atom is 0.272 e. The summed E-state index contributed by atoms with van der Waals surface area (Å²) in [6.07, 6.45) is 1.69. The van der Waals surface area contributed by atoms with Crippen LogP contribution in [0.3, 0.4) is 0 Å². The minimum absolute atomic E-state index is 0.350. The molecule has 0 saturated heterocycles. The molecule has 0 bridgehead atoms. The summed E-state index contributed by atoms with van der Waals surface area (Å²) in [4.78, 5) is 32.2. The van der Waals surface area contributed by atoms with Crippen molar-refractivity contribution in [3.63, 3.8) is 0 Å². The van der Waals surface area contributed by atoms with Gasteiger partial charge in [-0.15, -0.1) is 0 Å². The lowest BCUT2D eigenvalue weighted by atomic mass is 9.81. The molecule has 2 amide bonds. The normalized spacial score (nSPS) is 16.0. The van der Waals surface area contributed by atoms with Gasteiger partial charge in [0.2, 0.25) is 5.91 Å². The first kappa shape index (κ1) is 21.0. The van der Waals surface area contributed by atoms with Gasteiger partial charge in [-0.3, -0.25) is 9.59 Å². The Morgan fingerprint density at radius 3 is 2.55 bits per heavy atom. The van der Waals surface area contributed by atoms with Gasteiger partial charge in [0.1, 0.15) is 11.9 Å². The van der Waals surface area contributed by atoms with Crippen molar-refractivity contribution < 1.29 is 9.59 Å². The number of carbonyl (C=O) groups excluding carboxylic acids is 2. The molecule has 3 rings (SSSR count). The van der Waals surface area contributed by atoms with Crippen LogP contribution < -0.4 is 11.1 Å². The fourth-order valence-corrected chi connectivity index (χ4v) is 3.77. The van der Waals surface area contributed by atoms with Gasteiger partial charge >= 0.3 is 0 Å². The third-order valence-electron chi connectivity index (χ3n) is 5.91. The van der Waals surface area contributed by atoms with Crippen LogP contribution in [-0.4, -0.2) is 45.9 Å². The van der Waals surface area contributed by atoms with Crippen LogP contribution in [0.4, 0.5) is 0 Å². The van der Waals surface area contributed by atoms with E-state index in [0.29, 0.717) is 18.7 Å². The lowest BCUT2D eigenvalue weighted by molar-refractivity contribution is -0.122. The fraction of sp³-hybridized carbons (Fsp3) is 0.500. The topological polar surface area (TPSA) is 93.2 Å². The van der Waals surface area contributed by atoms with E-state index in [9.17, 15) is 9.59 Å². The number of hydrogen-bond donors (Lipinski definition) is 2. The van der Waals surface area contributed by atoms with Crippen molar-refractivity contribution in [1.29, 1.82) is 0 Å². The minimum atomic E-state index is -0.763. The fourth-order valence-electron chi connectivity index (χ4n) is 3.77. The van der Waals surface area contributed by atoms with E-state index in [1.165, 1.54) is 0 Å². The number of aromatic nitrogens is 2. The van der Waals surface area contributed by atoms with Gasteiger partial charge in [0.05, 0.1) is 5.69 Å². The molecule has 0 aliphatic carbocycles. The Balaban J connectivity index is 2.03. The second kappa shape index (κ2) is 8.37. The highest BCUT2D eigenvalue weighted by atomic mass is 16.2. The van der Waals surface area contributed by atoms with Crippen LogP contribution >= 0.6 is 0 Å². The van der Waals surface area contributed by atoms with Gasteiger partial charge in [-0.25, -0.2) is 4.98 Å². The Morgan fingerprint density at radius 1 is 1.24 bits per heavy atom. The number of primary amides is 1. The van der Waals surface area contributed by atoms with E-state index in [2.05, 4.69) is 14.8 Å². The lowest BCUT2D eigenvalue weighted by Gasteiger charge is -2.31. The highest BCUT2D eigenvalue weighted by molar-refractivity contribution is 5.97. The van der Waals surface area contributed by atoms with Crippen LogP contribution in [-0.2, 0) is 17.9 Å². The van der Waals surface area contributed by atoms with E-state index < -0.39 is 17.4 Å². The first-order chi connectivity index (χ1) is 13.7. The Labute approximate surface area is 172 Å². The SMILES string of the molecule is CCC(C)(C)[C@H](NC(=O)c1nc(-c2ccccc2)n2c1CN(C)CCC2)C(N)=O. The average Bonchev–Trinajstić information content (AvgIpc) is 2.93. The van der Waals surface area contributed by atoms with Crippen molar-refractivity contribution in [3.8, 4) is 11.4 Å². The molecule has 29 heavy (non-hydrogen) atoms. The number of benzene rings is 1. The van der Waals surface area contributed by atoms with Crippen LogP contribution in [0.25, 0.3) is 11.4 Å². The molecular formula is C22H31N5O2. The van der Waals surface area contributed by atoms with Gasteiger partial charge in [-0.2, -0.15) is 0 Å². The number of nitrogens with two attached hydrogens (primary N) is 1. The second-order valence-electron chi connectivity index (χ2n) is 8.49. The predicted molar refractivity (Wildman–Crippen MR) is 113 cm³/mol. The number of hydrogen-bond acceptors (Lipinski definition) is 4. The molecule has 0 fully saturated rings. The first-order valence-electron chi connectivity index (χ1n) is 10.2. The summed E-state index contributed by atoms with van der Waals surface area (Å²) in [5.74, 6) is -0.0983. The Bertz CT molecular complexity index is 888. The van der Waals surface area contributed by atoms with Crippen molar-refractivity contribution in [3.05, 3.63) is 41.7 Å². The van der Waals surface area contributed by atoms with Gasteiger partial charge in [-0.05, 0) is 31.8 Å². The molecule has 2 heterocycles. The molecule has 0 unspecified atom stereocenters. The number of rotatable bonds is 6. The Kier molecular flexibility index (Phi) is 6.07. The lowest BCUT2D eigenvalue weighted by Crippen LogP contribution is -2.53. The molecule has 1 aromatic carbocycles. The largest absolute Gasteiger partial charge is 0.368 e. The van der Waals surface area contributed by atoms with Crippen molar-refractivity contribution in [2.75, 3.05) is 13.6 Å². The van der Waals surface area contributed by atoms with Gasteiger partial charge in [0, 0.05) is 18.7 Å². The smallest absolute Gasteiger partial charge is 0.272 e. The number of amides is 2. The third kappa shape index (κ3) is 4.34. The molecule has 7 nitrogen and oxygen atoms in total. The molecule has 1 aliphatic heterocycles. The zero-order chi connectivity index (χ0) is 21.2. The van der Waals surface area contributed by atoms with Crippen LogP contribution in [0.15, 0.2) is 30.3 Å². The quantitative estimate of drug-likeness (QED) is 0.783. The van der Waals surface area contributed by atoms with Gasteiger partial charge < -0.3 is 20.5 Å². The van der Waals surface area contributed by atoms with E-state index in [1.807, 2.05) is 58.2 Å². The molecule has 156 valence electrons. The summed E-state index contributed by atoms with van der Waals surface area (Å²) < 4.78 is 2.14. The van der Waals surface area contributed by atoms with Crippen LogP contribution in [0.2, 0.25) is 0 Å². The van der Waals surface area contributed by atoms with Gasteiger partial charge in [0.15, 0.2) is 5.69 Å². The number of fused-ring (bicyclic) bond motifs is 1. The monoisotopic (exact) mass is 397 g/mol. The standard InChI is InChI=1S/C22H31N5O2/c1-5-22(2,3)18(19(23)28)25-21(29)17-16-14-26(4)12-9-13-27(16)20(24-17)15-10-7-6-8-11-15/h6-8,10-11,18H,5,9,12-14H2,1-4H3,(H2,23,28)(H,25,29)/t18-/m1/s1. The summed E-state index contributed by atoms with van der Waals surface area (Å²) in [5, 5.41) is 2.87. The second-order valence-corrected chi connectivity index (χ2v) is 8.49. The Morgan fingerprint density at radius 2 is 1.93 bits per heavy atom. The molecule has 1 atom stereocenters. The van der Waals surface area contributed by atoms with Crippen molar-refractivity contribution in [1.82, 2.24) is 19.8 Å². The van der Waals surface area contributed by atoms with Crippen molar-refractivity contribution >= 4 is 11.8 Å². The summed E-state index contributed by atoms with van der Waals surface area (Å²) in [6.45, 7) is 8.21. The molecule has 2 aromatic rings. The first-order valence-corrected chi connectivity index (χ1v) is 10.2. The summed E-state index contributed by atoms with van der Waals surface area (Å²) in [5.41, 5.74) is 7.39. The molecule has 0 saturated carbocycles. The average molecular weight is 398 g/mol. The molecule has 3 N–H and O–H groups in total. The van der Waals surface area contributed by atoms with E-state index in [0.717, 1.165) is 36.6 Å². The maximum absolute atomic E-state index is 13.2. The highest BCUT2D eigenvalue weighted by Gasteiger charge is 2.35. The van der Waals surface area contributed by atoms with Crippen LogP contribution in [0, 0.1) is 5.41 Å². The van der Waals surface area contributed by atoms with E-state index >= 15 is 0 Å². The summed E-state index contributed by atoms with van der Waals surface area (Å²) >= 11 is 0. The molecule has 1 aliphatic rings. The zero-order valence-corrected chi connectivity index (χ0v) is 17.7. The van der Waals surface area contributed by atoms with E-state index in [-0.39, 0.29) is 5.91 Å². The molecule has 7 heteroatoms. The third-order valence-corrected chi connectivity index (χ3v) is 5.91. The molecule has 0 spiro atoms. The van der Waals surface area contributed by atoms with Crippen LogP contribution in [0.1, 0.15) is 49.8 Å². The predicted octanol–water partition coefficient (Wildman–Crippen LogP) is 2.41. The number of imidazole rings is 1. The summed E-state index contributed by atoms with van der Waals surface area (Å²) in [6, 6.07) is 9.12. The van der Waals surface area contributed by atoms with E-state index in [1.54, 1.807) is 0 Å². The highest BCUT2D eigenvalue weighted by Crippen LogP contribution is 2.28. The number of nitrogens with zero attached hydrogens (tertiary/aromatic N) is 3. The molecule has 1 aromatic heterocycles. The molecular weight excluding hydrogens is 366 g/mol. The number of carbonyl (C=O) groups is 2. The van der Waals surface area contributed by atoms with Crippen molar-refractivity contribution in [2.24, 2.45) is 11.1 Å². The van der Waals surface area contributed by atoms with Gasteiger partial charge in [-0.1, -0.05) is 51.1 Å².